The quantitative estimate of drug-likeness (QED) is 0.133. The third-order valence-corrected chi connectivity index (χ3v) is 19.9. The van der Waals surface area contributed by atoms with Crippen LogP contribution in [0.4, 0.5) is 34.1 Å². The lowest BCUT2D eigenvalue weighted by Gasteiger charge is -2.32. The van der Waals surface area contributed by atoms with Crippen molar-refractivity contribution >= 4 is 105 Å². The third kappa shape index (κ3) is 6.30. The van der Waals surface area contributed by atoms with Crippen LogP contribution in [-0.2, 0) is 0 Å². The molecule has 320 valence electrons. The number of anilines is 6. The second kappa shape index (κ2) is 16.5. The Bertz CT molecular complexity index is 3720. The number of hydrogen-bond acceptors (Lipinski definition) is 3. The first-order valence-electron chi connectivity index (χ1n) is 23.3. The fourth-order valence-electron chi connectivity index (χ4n) is 11.1. The van der Waals surface area contributed by atoms with Gasteiger partial charge in [0.25, 0.3) is 0 Å². The summed E-state index contributed by atoms with van der Waals surface area (Å²) in [5.41, 5.74) is 11.9. The Hall–Kier alpha value is -8.28. The molecule has 0 aliphatic carbocycles. The predicted molar refractivity (Wildman–Crippen MR) is 294 cm³/mol. The monoisotopic (exact) mass is 900 g/mol. The smallest absolute Gasteiger partial charge is 0.180 e. The van der Waals surface area contributed by atoms with Crippen LogP contribution in [0.1, 0.15) is 0 Å². The van der Waals surface area contributed by atoms with E-state index < -0.39 is 8.07 Å². The summed E-state index contributed by atoms with van der Waals surface area (Å²) < 4.78 is 2.59. The zero-order valence-corrected chi connectivity index (χ0v) is 39.0. The molecule has 0 spiro atoms. The van der Waals surface area contributed by atoms with E-state index in [2.05, 4.69) is 277 Å². The summed E-state index contributed by atoms with van der Waals surface area (Å²) in [7, 11) is -2.95. The van der Waals surface area contributed by atoms with Crippen molar-refractivity contribution in [2.75, 3.05) is 9.80 Å². The molecule has 2 nitrogen and oxygen atoms in total. The number of nitrogens with zero attached hydrogens (tertiary/aromatic N) is 2. The average Bonchev–Trinajstić information content (AvgIpc) is 3.94. The van der Waals surface area contributed by atoms with Crippen molar-refractivity contribution in [3.8, 4) is 22.3 Å². The molecular weight excluding hydrogens is 857 g/mol. The van der Waals surface area contributed by atoms with Gasteiger partial charge in [0.2, 0.25) is 0 Å². The van der Waals surface area contributed by atoms with E-state index >= 15 is 0 Å². The zero-order valence-electron chi connectivity index (χ0n) is 37.2. The second-order valence-electron chi connectivity index (χ2n) is 17.5. The Morgan fingerprint density at radius 3 is 1.38 bits per heavy atom. The summed E-state index contributed by atoms with van der Waals surface area (Å²) in [6.45, 7) is 0. The van der Waals surface area contributed by atoms with Crippen LogP contribution in [0.15, 0.2) is 267 Å². The van der Waals surface area contributed by atoms with Crippen LogP contribution in [0.25, 0.3) is 53.2 Å². The molecule has 2 heterocycles. The van der Waals surface area contributed by atoms with E-state index in [-0.39, 0.29) is 0 Å². The van der Waals surface area contributed by atoms with Gasteiger partial charge in [-0.3, -0.25) is 0 Å². The van der Waals surface area contributed by atoms with E-state index in [9.17, 15) is 0 Å². The van der Waals surface area contributed by atoms with Crippen LogP contribution in [0.5, 0.6) is 0 Å². The van der Waals surface area contributed by atoms with Crippen molar-refractivity contribution in [1.29, 1.82) is 0 Å². The van der Waals surface area contributed by atoms with Crippen molar-refractivity contribution < 1.29 is 0 Å². The number of hydrogen-bond donors (Lipinski definition) is 0. The Balaban J connectivity index is 1.12. The maximum absolute atomic E-state index is 2.95. The summed E-state index contributed by atoms with van der Waals surface area (Å²) in [6.07, 6.45) is 0. The first kappa shape index (κ1) is 40.0. The van der Waals surface area contributed by atoms with Gasteiger partial charge in [-0.1, -0.05) is 200 Å². The first-order valence-corrected chi connectivity index (χ1v) is 26.2. The summed E-state index contributed by atoms with van der Waals surface area (Å²) in [4.78, 5) is 4.91. The lowest BCUT2D eigenvalue weighted by Crippen LogP contribution is -2.72. The van der Waals surface area contributed by atoms with Crippen LogP contribution >= 0.6 is 11.3 Å². The Kier molecular flexibility index (Phi) is 9.74. The van der Waals surface area contributed by atoms with Crippen LogP contribution in [0.2, 0.25) is 0 Å². The number of benzene rings is 11. The van der Waals surface area contributed by atoms with E-state index in [1.54, 1.807) is 0 Å². The molecule has 0 radical (unpaired) electrons. The second-order valence-corrected chi connectivity index (χ2v) is 22.4. The van der Waals surface area contributed by atoms with Crippen molar-refractivity contribution in [2.24, 2.45) is 0 Å². The molecule has 68 heavy (non-hydrogen) atoms. The van der Waals surface area contributed by atoms with Gasteiger partial charge < -0.3 is 9.80 Å². The molecule has 0 unspecified atom stereocenters. The molecule has 12 aromatic rings. The van der Waals surface area contributed by atoms with Gasteiger partial charge >= 0.3 is 0 Å². The number of thiophene rings is 1. The molecule has 0 atom stereocenters. The molecule has 0 amide bonds. The Morgan fingerprint density at radius 1 is 0.279 bits per heavy atom. The number of para-hydroxylation sites is 3. The van der Waals surface area contributed by atoms with Gasteiger partial charge in [0.1, 0.15) is 0 Å². The maximum atomic E-state index is 2.52. The van der Waals surface area contributed by atoms with Gasteiger partial charge in [0, 0.05) is 53.9 Å². The molecule has 1 aliphatic heterocycles. The Labute approximate surface area is 401 Å². The molecule has 0 saturated carbocycles. The SMILES string of the molecule is c1ccc(N(c2ccc3c(c2)sc2ccccc23)c2cccc3c2-c2c(-c4cccc5c(N(c6ccccc6)c6ccccc6)cccc45)cccc2[Si]3(c2ccccc2)c2ccccc2)cc1. The summed E-state index contributed by atoms with van der Waals surface area (Å²) in [6, 6.07) is 99.0. The summed E-state index contributed by atoms with van der Waals surface area (Å²) in [5.74, 6) is 0. The molecule has 0 saturated heterocycles. The van der Waals surface area contributed by atoms with E-state index in [1.165, 1.54) is 79.6 Å². The van der Waals surface area contributed by atoms with Crippen molar-refractivity contribution in [2.45, 2.75) is 0 Å². The fraction of sp³-hybridized carbons (Fsp3) is 0. The minimum Gasteiger partial charge on any atom is -0.310 e. The summed E-state index contributed by atoms with van der Waals surface area (Å²) >= 11 is 1.87. The van der Waals surface area contributed by atoms with Crippen molar-refractivity contribution in [3.05, 3.63) is 267 Å². The highest BCUT2D eigenvalue weighted by Gasteiger charge is 2.50. The van der Waals surface area contributed by atoms with E-state index in [0.29, 0.717) is 0 Å². The van der Waals surface area contributed by atoms with E-state index in [1.807, 2.05) is 11.3 Å². The van der Waals surface area contributed by atoms with Crippen molar-refractivity contribution in [1.82, 2.24) is 0 Å². The fourth-order valence-corrected chi connectivity index (χ4v) is 17.5. The summed E-state index contributed by atoms with van der Waals surface area (Å²) in [5, 5.41) is 10.6. The Morgan fingerprint density at radius 2 is 0.735 bits per heavy atom. The highest BCUT2D eigenvalue weighted by atomic mass is 32.1. The minimum absolute atomic E-state index is 1.12. The van der Waals surface area contributed by atoms with Crippen molar-refractivity contribution in [3.63, 3.8) is 0 Å². The molecule has 13 rings (SSSR count). The molecule has 0 fully saturated rings. The molecule has 1 aromatic heterocycles. The van der Waals surface area contributed by atoms with Gasteiger partial charge in [-0.15, -0.1) is 11.3 Å². The standard InChI is InChI=1S/C64H44N2SSi/c1-6-22-45(23-7-1)65(46-24-8-2-9-25-46)57-37-19-34-51-52(33-18-35-53(51)57)56-36-20-40-61-63(56)64-58(38-21-41-62(64)68(61,49-28-12-4-13-29-49)50-30-14-5-15-31-50)66(47-26-10-3-11-27-47)48-42-43-55-54-32-16-17-39-59(54)67-60(55)44-48/h1-44H. The molecular formula is C64H44N2SSi. The van der Waals surface area contributed by atoms with E-state index in [4.69, 9.17) is 0 Å². The highest BCUT2D eigenvalue weighted by Crippen LogP contribution is 2.49. The lowest BCUT2D eigenvalue weighted by atomic mass is 9.90. The van der Waals surface area contributed by atoms with Gasteiger partial charge in [-0.2, -0.15) is 0 Å². The molecule has 1 aliphatic rings. The van der Waals surface area contributed by atoms with Crippen LogP contribution in [0.3, 0.4) is 0 Å². The topological polar surface area (TPSA) is 6.48 Å². The van der Waals surface area contributed by atoms with Gasteiger partial charge in [0.05, 0.1) is 11.4 Å². The van der Waals surface area contributed by atoms with Crippen LogP contribution in [-0.4, -0.2) is 8.07 Å². The third-order valence-electron chi connectivity index (χ3n) is 13.9. The molecule has 4 heteroatoms. The van der Waals surface area contributed by atoms with Gasteiger partial charge in [-0.05, 0) is 110 Å². The van der Waals surface area contributed by atoms with Crippen LogP contribution < -0.4 is 30.5 Å². The van der Waals surface area contributed by atoms with Gasteiger partial charge in [-0.25, -0.2) is 0 Å². The lowest BCUT2D eigenvalue weighted by molar-refractivity contribution is 1.29. The van der Waals surface area contributed by atoms with Crippen LogP contribution in [0, 0.1) is 0 Å². The normalized spacial score (nSPS) is 12.5. The average molecular weight is 901 g/mol. The molecule has 0 N–H and O–H groups in total. The zero-order chi connectivity index (χ0) is 45.0. The highest BCUT2D eigenvalue weighted by molar-refractivity contribution is 7.26. The molecule has 11 aromatic carbocycles. The predicted octanol–water partition coefficient (Wildman–Crippen LogP) is 15.2. The van der Waals surface area contributed by atoms with Gasteiger partial charge in [0.15, 0.2) is 8.07 Å². The maximum Gasteiger partial charge on any atom is 0.180 e. The molecule has 0 bridgehead atoms. The number of fused-ring (bicyclic) bond motifs is 7. The number of rotatable bonds is 9. The minimum atomic E-state index is -2.95. The largest absolute Gasteiger partial charge is 0.310 e. The first-order chi connectivity index (χ1) is 33.8. The van der Waals surface area contributed by atoms with E-state index in [0.717, 1.165) is 28.4 Å².